The second-order valence-electron chi connectivity index (χ2n) is 4.91. The van der Waals surface area contributed by atoms with Crippen LogP contribution in [0.25, 0.3) is 11.4 Å². The van der Waals surface area contributed by atoms with Gasteiger partial charge < -0.3 is 4.74 Å². The summed E-state index contributed by atoms with van der Waals surface area (Å²) in [6, 6.07) is 3.65. The van der Waals surface area contributed by atoms with Gasteiger partial charge in [-0.25, -0.2) is 4.68 Å². The third kappa shape index (κ3) is 4.10. The summed E-state index contributed by atoms with van der Waals surface area (Å²) in [5, 5.41) is 4.18. The van der Waals surface area contributed by atoms with Gasteiger partial charge in [0.25, 0.3) is 0 Å². The van der Waals surface area contributed by atoms with Crippen LogP contribution in [0, 0.1) is 0 Å². The molecule has 0 spiro atoms. The van der Waals surface area contributed by atoms with Crippen LogP contribution in [0.2, 0.25) is 0 Å². The number of aromatic nitrogens is 3. The fourth-order valence-electron chi connectivity index (χ4n) is 2.41. The molecule has 2 aromatic heterocycles. The summed E-state index contributed by atoms with van der Waals surface area (Å²) in [6.07, 6.45) is 0.902. The zero-order chi connectivity index (χ0) is 16.9. The third-order valence-electron chi connectivity index (χ3n) is 3.45. The first-order valence-electron chi connectivity index (χ1n) is 7.74. The molecule has 0 amide bonds. The van der Waals surface area contributed by atoms with Crippen LogP contribution in [0.1, 0.15) is 44.9 Å². The van der Waals surface area contributed by atoms with Crippen molar-refractivity contribution in [3.8, 4) is 11.4 Å². The molecule has 0 bridgehead atoms. The largest absolute Gasteiger partial charge is 0.416 e. The van der Waals surface area contributed by atoms with E-state index >= 15 is 0 Å². The highest BCUT2D eigenvalue weighted by atomic mass is 19.4. The monoisotopic (exact) mass is 327 g/mol. The summed E-state index contributed by atoms with van der Waals surface area (Å²) in [4.78, 5) is 4.03. The van der Waals surface area contributed by atoms with Gasteiger partial charge in [-0.1, -0.05) is 13.8 Å². The lowest BCUT2D eigenvalue weighted by atomic mass is 10.1. The quantitative estimate of drug-likeness (QED) is 0.803. The number of ether oxygens (including phenoxy) is 1. The molecule has 1 atom stereocenters. The maximum atomic E-state index is 12.8. The molecule has 4 nitrogen and oxygen atoms in total. The molecule has 0 saturated carbocycles. The Morgan fingerprint density at radius 3 is 2.61 bits per heavy atom. The van der Waals surface area contributed by atoms with Crippen LogP contribution in [-0.4, -0.2) is 21.4 Å². The van der Waals surface area contributed by atoms with Gasteiger partial charge in [-0.15, -0.1) is 0 Å². The van der Waals surface area contributed by atoms with E-state index < -0.39 is 11.7 Å². The van der Waals surface area contributed by atoms with E-state index in [0.717, 1.165) is 37.6 Å². The summed E-state index contributed by atoms with van der Waals surface area (Å²) in [5.74, 6) is 0. The molecule has 1 aliphatic rings. The molecule has 126 valence electrons. The summed E-state index contributed by atoms with van der Waals surface area (Å²) in [5.41, 5.74) is 0.0642. The number of hydrogen-bond acceptors (Lipinski definition) is 3. The summed E-state index contributed by atoms with van der Waals surface area (Å²) < 4.78 is 45.6. The van der Waals surface area contributed by atoms with Crippen molar-refractivity contribution < 1.29 is 17.9 Å². The molecule has 1 aliphatic heterocycles. The normalized spacial score (nSPS) is 18.2. The lowest BCUT2D eigenvalue weighted by Crippen LogP contribution is -2.20. The van der Waals surface area contributed by atoms with Gasteiger partial charge in [0.2, 0.25) is 0 Å². The van der Waals surface area contributed by atoms with Crippen LogP contribution in [-0.2, 0) is 10.9 Å². The van der Waals surface area contributed by atoms with Crippen molar-refractivity contribution >= 4 is 0 Å². The minimum atomic E-state index is -4.39. The van der Waals surface area contributed by atoms with E-state index in [-0.39, 0.29) is 11.9 Å². The van der Waals surface area contributed by atoms with Crippen molar-refractivity contribution in [3.63, 3.8) is 0 Å². The second kappa shape index (κ2) is 7.59. The molecule has 0 N–H and O–H groups in total. The molecular weight excluding hydrogens is 307 g/mol. The van der Waals surface area contributed by atoms with Gasteiger partial charge in [-0.3, -0.25) is 4.98 Å². The average Bonchev–Trinajstić information content (AvgIpc) is 3.06. The van der Waals surface area contributed by atoms with Crippen molar-refractivity contribution in [2.75, 3.05) is 6.61 Å². The lowest BCUT2D eigenvalue weighted by molar-refractivity contribution is -0.137. The number of pyridine rings is 1. The summed E-state index contributed by atoms with van der Waals surface area (Å²) in [6.45, 7) is 4.64. The van der Waals surface area contributed by atoms with Gasteiger partial charge in [-0.05, 0) is 37.5 Å². The predicted molar refractivity (Wildman–Crippen MR) is 80.6 cm³/mol. The van der Waals surface area contributed by atoms with E-state index in [4.69, 9.17) is 4.74 Å². The third-order valence-corrected chi connectivity index (χ3v) is 3.45. The number of rotatable bonds is 2. The van der Waals surface area contributed by atoms with Crippen molar-refractivity contribution in [3.05, 3.63) is 36.2 Å². The molecule has 0 radical (unpaired) electrons. The fourth-order valence-corrected chi connectivity index (χ4v) is 2.41. The Hall–Kier alpha value is -1.89. The number of hydrogen-bond donors (Lipinski definition) is 0. The van der Waals surface area contributed by atoms with Crippen LogP contribution < -0.4 is 0 Å². The van der Waals surface area contributed by atoms with E-state index in [9.17, 15) is 13.2 Å². The number of nitrogens with zero attached hydrogens (tertiary/aromatic N) is 3. The van der Waals surface area contributed by atoms with Gasteiger partial charge in [0.15, 0.2) is 6.23 Å². The Balaban J connectivity index is 0.000000924. The highest BCUT2D eigenvalue weighted by molar-refractivity contribution is 5.55. The molecule has 0 aromatic carbocycles. The maximum Gasteiger partial charge on any atom is 0.416 e. The van der Waals surface area contributed by atoms with Crippen molar-refractivity contribution in [1.82, 2.24) is 14.8 Å². The van der Waals surface area contributed by atoms with Gasteiger partial charge in [0, 0.05) is 19.0 Å². The highest BCUT2D eigenvalue weighted by Crippen LogP contribution is 2.32. The Bertz CT molecular complexity index is 619. The van der Waals surface area contributed by atoms with Gasteiger partial charge >= 0.3 is 6.18 Å². The number of alkyl halides is 3. The van der Waals surface area contributed by atoms with E-state index in [2.05, 4.69) is 10.1 Å². The van der Waals surface area contributed by atoms with E-state index in [0.29, 0.717) is 12.3 Å². The molecular formula is C16H20F3N3O. The van der Waals surface area contributed by atoms with E-state index in [1.165, 1.54) is 0 Å². The number of halogens is 3. The van der Waals surface area contributed by atoms with Gasteiger partial charge in [0.1, 0.15) is 0 Å². The van der Waals surface area contributed by atoms with Crippen LogP contribution in [0.15, 0.2) is 30.6 Å². The first-order valence-corrected chi connectivity index (χ1v) is 7.74. The molecule has 1 fully saturated rings. The molecule has 3 heterocycles. The molecule has 1 saturated heterocycles. The van der Waals surface area contributed by atoms with Gasteiger partial charge in [0.05, 0.1) is 17.0 Å². The minimum absolute atomic E-state index is 0.236. The van der Waals surface area contributed by atoms with Crippen LogP contribution in [0.3, 0.4) is 0 Å². The fraction of sp³-hybridized carbons (Fsp3) is 0.500. The van der Waals surface area contributed by atoms with Crippen LogP contribution in [0.4, 0.5) is 13.2 Å². The topological polar surface area (TPSA) is 39.9 Å². The van der Waals surface area contributed by atoms with Crippen molar-refractivity contribution in [2.45, 2.75) is 45.5 Å². The van der Waals surface area contributed by atoms with Gasteiger partial charge in [-0.2, -0.15) is 18.3 Å². The van der Waals surface area contributed by atoms with Crippen LogP contribution >= 0.6 is 0 Å². The van der Waals surface area contributed by atoms with Crippen LogP contribution in [0.5, 0.6) is 0 Å². The molecule has 1 unspecified atom stereocenters. The Labute approximate surface area is 133 Å². The summed E-state index contributed by atoms with van der Waals surface area (Å²) in [7, 11) is 0. The Morgan fingerprint density at radius 2 is 1.96 bits per heavy atom. The highest BCUT2D eigenvalue weighted by Gasteiger charge is 2.31. The van der Waals surface area contributed by atoms with Crippen molar-refractivity contribution in [1.29, 1.82) is 0 Å². The minimum Gasteiger partial charge on any atom is -0.356 e. The molecule has 0 aliphatic carbocycles. The molecule has 23 heavy (non-hydrogen) atoms. The Kier molecular flexibility index (Phi) is 5.76. The first-order chi connectivity index (χ1) is 11.1. The molecule has 7 heteroatoms. The van der Waals surface area contributed by atoms with E-state index in [1.807, 2.05) is 13.8 Å². The maximum absolute atomic E-state index is 12.8. The molecule has 2 aromatic rings. The average molecular weight is 327 g/mol. The Morgan fingerprint density at radius 1 is 1.17 bits per heavy atom. The standard InChI is InChI=1S/C14H14F3N3O.C2H6/c15-14(16,17)10-4-6-18-11(9-10)12-5-7-19-20(12)13-3-1-2-8-21-13;1-2/h4-7,9,13H,1-3,8H2;1-2H3. The smallest absolute Gasteiger partial charge is 0.356 e. The van der Waals surface area contributed by atoms with E-state index in [1.54, 1.807) is 16.9 Å². The lowest BCUT2D eigenvalue weighted by Gasteiger charge is -2.24. The first kappa shape index (κ1) is 17.5. The molecule has 3 rings (SSSR count). The summed E-state index contributed by atoms with van der Waals surface area (Å²) >= 11 is 0. The zero-order valence-electron chi connectivity index (χ0n) is 13.2. The predicted octanol–water partition coefficient (Wildman–Crippen LogP) is 4.69. The zero-order valence-corrected chi connectivity index (χ0v) is 13.2. The van der Waals surface area contributed by atoms with Crippen molar-refractivity contribution in [2.24, 2.45) is 0 Å². The second-order valence-corrected chi connectivity index (χ2v) is 4.91. The SMILES string of the molecule is CC.FC(F)(F)c1ccnc(-c2ccnn2C2CCCCO2)c1.